The van der Waals surface area contributed by atoms with E-state index in [1.807, 2.05) is 30.3 Å². The predicted octanol–water partition coefficient (Wildman–Crippen LogP) is 1.88. The summed E-state index contributed by atoms with van der Waals surface area (Å²) in [5.74, 6) is 0.00470. The van der Waals surface area contributed by atoms with Crippen LogP contribution in [0.4, 0.5) is 0 Å². The number of likely N-dealkylation sites (N-methyl/N-ethyl adjacent to an activating group) is 1. The Bertz CT molecular complexity index is 739. The van der Waals surface area contributed by atoms with E-state index in [0.29, 0.717) is 19.8 Å². The van der Waals surface area contributed by atoms with Crippen LogP contribution in [0.15, 0.2) is 48.7 Å². The summed E-state index contributed by atoms with van der Waals surface area (Å²) in [6.45, 7) is 4.26. The molecule has 1 aliphatic rings. The first kappa shape index (κ1) is 20.3. The molecule has 1 aromatic heterocycles. The molecule has 1 atom stereocenters. The maximum Gasteiger partial charge on any atom is 0.317 e. The molecule has 0 spiro atoms. The van der Waals surface area contributed by atoms with Crippen LogP contribution in [-0.4, -0.2) is 71.8 Å². The van der Waals surface area contributed by atoms with Gasteiger partial charge in [0.15, 0.2) is 0 Å². The van der Waals surface area contributed by atoms with Gasteiger partial charge in [0.05, 0.1) is 24.9 Å². The van der Waals surface area contributed by atoms with Gasteiger partial charge in [0.2, 0.25) is 0 Å². The summed E-state index contributed by atoms with van der Waals surface area (Å²) < 4.78 is 11.6. The molecule has 3 rings (SSSR count). The van der Waals surface area contributed by atoms with Crippen molar-refractivity contribution in [2.24, 2.45) is 0 Å². The Kier molecular flexibility index (Phi) is 7.36. The molecule has 28 heavy (non-hydrogen) atoms. The minimum Gasteiger partial charge on any atom is -0.487 e. The first-order chi connectivity index (χ1) is 13.6. The number of carbonyl (C=O) groups is 1. The van der Waals surface area contributed by atoms with Crippen LogP contribution in [0.2, 0.25) is 0 Å². The van der Waals surface area contributed by atoms with Crippen LogP contribution >= 0.6 is 0 Å². The number of nitrogens with zero attached hydrogens (tertiary/aromatic N) is 3. The maximum atomic E-state index is 10.8. The average molecular weight is 385 g/mol. The topological polar surface area (TPSA) is 75.1 Å². The molecule has 2 aromatic rings. The number of ether oxygens (including phenoxy) is 2. The number of morpholine rings is 1. The Morgan fingerprint density at radius 1 is 1.32 bits per heavy atom. The monoisotopic (exact) mass is 385 g/mol. The molecule has 0 radical (unpaired) electrons. The lowest BCUT2D eigenvalue weighted by Gasteiger charge is -2.34. The average Bonchev–Trinajstić information content (AvgIpc) is 2.68. The van der Waals surface area contributed by atoms with Gasteiger partial charge in [-0.2, -0.15) is 0 Å². The van der Waals surface area contributed by atoms with Crippen molar-refractivity contribution in [2.75, 3.05) is 39.8 Å². The lowest BCUT2D eigenvalue weighted by molar-refractivity contribution is -0.138. The van der Waals surface area contributed by atoms with Crippen LogP contribution in [0.3, 0.4) is 0 Å². The molecule has 1 unspecified atom stereocenters. The van der Waals surface area contributed by atoms with Crippen molar-refractivity contribution in [1.82, 2.24) is 14.8 Å². The molecule has 1 fully saturated rings. The van der Waals surface area contributed by atoms with E-state index in [1.165, 1.54) is 5.56 Å². The van der Waals surface area contributed by atoms with Crippen molar-refractivity contribution in [3.63, 3.8) is 0 Å². The van der Waals surface area contributed by atoms with Crippen molar-refractivity contribution in [1.29, 1.82) is 0 Å². The van der Waals surface area contributed by atoms with Gasteiger partial charge >= 0.3 is 5.97 Å². The van der Waals surface area contributed by atoms with E-state index < -0.39 is 5.97 Å². The van der Waals surface area contributed by atoms with E-state index in [1.54, 1.807) is 18.1 Å². The zero-order chi connectivity index (χ0) is 19.8. The van der Waals surface area contributed by atoms with Crippen molar-refractivity contribution < 1.29 is 19.4 Å². The number of benzene rings is 1. The molecular formula is C21H27N3O4. The molecule has 1 N–H and O–H groups in total. The van der Waals surface area contributed by atoms with E-state index in [4.69, 9.17) is 14.6 Å². The minimum atomic E-state index is -0.819. The molecule has 2 heterocycles. The number of rotatable bonds is 9. The highest BCUT2D eigenvalue weighted by atomic mass is 16.5. The first-order valence-electron chi connectivity index (χ1n) is 9.44. The molecule has 0 bridgehead atoms. The molecule has 0 saturated carbocycles. The standard InChI is InChI=1S/C21H27N3O4/c1-23(15-21(25)26)13-20-14-24(10-11-27-20)12-17-5-7-19(8-6-17)28-16-18-4-2-3-9-22-18/h2-9,20H,10-16H2,1H3,(H,25,26). The fourth-order valence-electron chi connectivity index (χ4n) is 3.27. The van der Waals surface area contributed by atoms with Gasteiger partial charge in [-0.3, -0.25) is 19.6 Å². The molecule has 1 aliphatic heterocycles. The second-order valence-electron chi connectivity index (χ2n) is 7.07. The zero-order valence-electron chi connectivity index (χ0n) is 16.2. The molecule has 1 saturated heterocycles. The summed E-state index contributed by atoms with van der Waals surface area (Å²) in [6, 6.07) is 13.9. The van der Waals surface area contributed by atoms with Crippen LogP contribution in [-0.2, 0) is 22.7 Å². The largest absolute Gasteiger partial charge is 0.487 e. The van der Waals surface area contributed by atoms with Crippen LogP contribution < -0.4 is 4.74 Å². The molecule has 0 amide bonds. The Hall–Kier alpha value is -2.48. The van der Waals surface area contributed by atoms with Gasteiger partial charge in [0.25, 0.3) is 0 Å². The fraction of sp³-hybridized carbons (Fsp3) is 0.429. The summed E-state index contributed by atoms with van der Waals surface area (Å²) in [6.07, 6.45) is 1.79. The number of carboxylic acids is 1. The van der Waals surface area contributed by atoms with Gasteiger partial charge < -0.3 is 14.6 Å². The second-order valence-corrected chi connectivity index (χ2v) is 7.07. The van der Waals surface area contributed by atoms with Crippen LogP contribution in [0.5, 0.6) is 5.75 Å². The maximum absolute atomic E-state index is 10.8. The van der Waals surface area contributed by atoms with E-state index >= 15 is 0 Å². The third kappa shape index (κ3) is 6.60. The Morgan fingerprint density at radius 2 is 2.14 bits per heavy atom. The van der Waals surface area contributed by atoms with E-state index in [2.05, 4.69) is 22.0 Å². The fourth-order valence-corrected chi connectivity index (χ4v) is 3.27. The number of aromatic nitrogens is 1. The SMILES string of the molecule is CN(CC(=O)O)CC1CN(Cc2ccc(OCc3ccccn3)cc2)CCO1. The first-order valence-corrected chi connectivity index (χ1v) is 9.44. The lowest BCUT2D eigenvalue weighted by atomic mass is 10.1. The van der Waals surface area contributed by atoms with Crippen molar-refractivity contribution in [2.45, 2.75) is 19.3 Å². The lowest BCUT2D eigenvalue weighted by Crippen LogP contribution is -2.47. The number of aliphatic carboxylic acids is 1. The Labute approximate surface area is 165 Å². The summed E-state index contributed by atoms with van der Waals surface area (Å²) in [4.78, 5) is 19.2. The molecule has 7 heteroatoms. The van der Waals surface area contributed by atoms with Crippen LogP contribution in [0, 0.1) is 0 Å². The zero-order valence-corrected chi connectivity index (χ0v) is 16.2. The number of hydrogen-bond donors (Lipinski definition) is 1. The van der Waals surface area contributed by atoms with Crippen LogP contribution in [0.1, 0.15) is 11.3 Å². The van der Waals surface area contributed by atoms with E-state index in [0.717, 1.165) is 31.1 Å². The predicted molar refractivity (Wildman–Crippen MR) is 105 cm³/mol. The second kappa shape index (κ2) is 10.2. The van der Waals surface area contributed by atoms with Gasteiger partial charge in [-0.1, -0.05) is 18.2 Å². The highest BCUT2D eigenvalue weighted by Gasteiger charge is 2.22. The van der Waals surface area contributed by atoms with Gasteiger partial charge in [-0.15, -0.1) is 0 Å². The molecule has 7 nitrogen and oxygen atoms in total. The third-order valence-corrected chi connectivity index (χ3v) is 4.59. The number of carboxylic acid groups (broad SMARTS) is 1. The Balaban J connectivity index is 1.46. The molecule has 1 aromatic carbocycles. The van der Waals surface area contributed by atoms with Gasteiger partial charge in [0, 0.05) is 32.4 Å². The smallest absolute Gasteiger partial charge is 0.317 e. The van der Waals surface area contributed by atoms with Crippen molar-refractivity contribution in [3.05, 3.63) is 59.9 Å². The van der Waals surface area contributed by atoms with Crippen molar-refractivity contribution >= 4 is 5.97 Å². The summed E-state index contributed by atoms with van der Waals surface area (Å²) in [5, 5.41) is 8.88. The van der Waals surface area contributed by atoms with Crippen LogP contribution in [0.25, 0.3) is 0 Å². The van der Waals surface area contributed by atoms with Gasteiger partial charge in [-0.25, -0.2) is 0 Å². The number of pyridine rings is 1. The molecule has 0 aliphatic carbocycles. The summed E-state index contributed by atoms with van der Waals surface area (Å²) in [5.41, 5.74) is 2.11. The van der Waals surface area contributed by atoms with E-state index in [-0.39, 0.29) is 12.6 Å². The summed E-state index contributed by atoms with van der Waals surface area (Å²) >= 11 is 0. The number of hydrogen-bond acceptors (Lipinski definition) is 6. The third-order valence-electron chi connectivity index (χ3n) is 4.59. The molecular weight excluding hydrogens is 358 g/mol. The highest BCUT2D eigenvalue weighted by molar-refractivity contribution is 5.69. The summed E-state index contributed by atoms with van der Waals surface area (Å²) in [7, 11) is 1.81. The molecule has 150 valence electrons. The van der Waals surface area contributed by atoms with Crippen molar-refractivity contribution in [3.8, 4) is 5.75 Å². The van der Waals surface area contributed by atoms with Gasteiger partial charge in [-0.05, 0) is 36.9 Å². The van der Waals surface area contributed by atoms with Gasteiger partial charge in [0.1, 0.15) is 12.4 Å². The Morgan fingerprint density at radius 3 is 2.86 bits per heavy atom. The normalized spacial score (nSPS) is 17.6. The minimum absolute atomic E-state index is 0.0269. The highest BCUT2D eigenvalue weighted by Crippen LogP contribution is 2.16. The quantitative estimate of drug-likeness (QED) is 0.706. The van der Waals surface area contributed by atoms with E-state index in [9.17, 15) is 4.79 Å².